The molecule has 1 unspecified atom stereocenters. The van der Waals surface area contributed by atoms with E-state index in [1.165, 1.54) is 24.1 Å². The zero-order chi connectivity index (χ0) is 27.9. The normalized spacial score (nSPS) is 12.1. The number of carbonyl (C=O) groups excluding carboxylic acids is 2. The number of halogens is 1. The van der Waals surface area contributed by atoms with Crippen molar-refractivity contribution in [3.05, 3.63) is 88.9 Å². The van der Waals surface area contributed by atoms with Gasteiger partial charge in [0.05, 0.1) is 17.7 Å². The van der Waals surface area contributed by atoms with E-state index >= 15 is 0 Å². The van der Waals surface area contributed by atoms with Crippen LogP contribution in [-0.4, -0.2) is 50.9 Å². The first-order chi connectivity index (χ1) is 18.0. The first-order valence-electron chi connectivity index (χ1n) is 12.1. The molecule has 202 valence electrons. The summed E-state index contributed by atoms with van der Waals surface area (Å²) in [6, 6.07) is 20.8. The Kier molecular flexibility index (Phi) is 9.93. The molecule has 8 nitrogen and oxygen atoms in total. The number of nitrogens with zero attached hydrogens (tertiary/aromatic N) is 2. The molecular weight excluding hydrogens is 570 g/mol. The molecule has 0 aromatic heterocycles. The van der Waals surface area contributed by atoms with Crippen molar-refractivity contribution in [2.24, 2.45) is 0 Å². The number of amides is 2. The second kappa shape index (κ2) is 12.9. The third-order valence-corrected chi connectivity index (χ3v) is 8.09. The van der Waals surface area contributed by atoms with E-state index in [4.69, 9.17) is 4.74 Å². The van der Waals surface area contributed by atoms with Crippen LogP contribution in [0.1, 0.15) is 26.3 Å². The average molecular weight is 603 g/mol. The lowest BCUT2D eigenvalue weighted by atomic mass is 10.1. The highest BCUT2D eigenvalue weighted by Gasteiger charge is 2.32. The van der Waals surface area contributed by atoms with Crippen LogP contribution in [0.5, 0.6) is 5.75 Å². The molecule has 38 heavy (non-hydrogen) atoms. The number of carbonyl (C=O) groups is 2. The largest absolute Gasteiger partial charge is 0.497 e. The molecule has 0 bridgehead atoms. The topological polar surface area (TPSA) is 96.0 Å². The van der Waals surface area contributed by atoms with Crippen molar-refractivity contribution in [1.82, 2.24) is 10.2 Å². The molecule has 2 amide bonds. The van der Waals surface area contributed by atoms with Gasteiger partial charge in [0.2, 0.25) is 11.8 Å². The fraction of sp³-hybridized carbons (Fsp3) is 0.286. The van der Waals surface area contributed by atoms with Gasteiger partial charge < -0.3 is 15.0 Å². The minimum absolute atomic E-state index is 0.0130. The van der Waals surface area contributed by atoms with E-state index in [1.807, 2.05) is 38.1 Å². The van der Waals surface area contributed by atoms with Crippen molar-refractivity contribution < 1.29 is 22.7 Å². The maximum Gasteiger partial charge on any atom is 0.264 e. The zero-order valence-electron chi connectivity index (χ0n) is 21.8. The Morgan fingerprint density at radius 3 is 2.18 bits per heavy atom. The molecule has 3 aromatic carbocycles. The predicted octanol–water partition coefficient (Wildman–Crippen LogP) is 4.59. The second-order valence-corrected chi connectivity index (χ2v) is 11.8. The van der Waals surface area contributed by atoms with Gasteiger partial charge in [-0.3, -0.25) is 13.9 Å². The smallest absolute Gasteiger partial charge is 0.264 e. The minimum atomic E-state index is -4.13. The van der Waals surface area contributed by atoms with Gasteiger partial charge in [0.15, 0.2) is 0 Å². The molecule has 0 aliphatic carbocycles. The molecule has 0 radical (unpaired) electrons. The molecule has 1 N–H and O–H groups in total. The van der Waals surface area contributed by atoms with Gasteiger partial charge in [0.1, 0.15) is 18.3 Å². The fourth-order valence-corrected chi connectivity index (χ4v) is 5.68. The van der Waals surface area contributed by atoms with E-state index in [0.717, 1.165) is 14.3 Å². The lowest BCUT2D eigenvalue weighted by Gasteiger charge is -2.32. The maximum atomic E-state index is 13.8. The minimum Gasteiger partial charge on any atom is -0.497 e. The Morgan fingerprint density at radius 2 is 1.61 bits per heavy atom. The van der Waals surface area contributed by atoms with Crippen molar-refractivity contribution in [2.45, 2.75) is 44.3 Å². The van der Waals surface area contributed by atoms with Crippen LogP contribution in [0.15, 0.2) is 88.2 Å². The molecular formula is C28H32BrN3O5S. The number of sulfonamides is 1. The van der Waals surface area contributed by atoms with E-state index in [-0.39, 0.29) is 23.4 Å². The standard InChI is InChI=1S/C28H32BrN3O5S/c1-20(2)30-28(34)21(3)31(18-22-9-8-10-23(29)17-22)27(33)19-32(24-11-6-5-7-12-24)38(35,36)26-15-13-25(37-4)14-16-26/h5-17,20-21H,18-19H2,1-4H3,(H,30,34). The fourth-order valence-electron chi connectivity index (χ4n) is 3.82. The van der Waals surface area contributed by atoms with Gasteiger partial charge in [-0.05, 0) is 74.9 Å². The summed E-state index contributed by atoms with van der Waals surface area (Å²) in [6.45, 7) is 4.94. The maximum absolute atomic E-state index is 13.8. The van der Waals surface area contributed by atoms with Crippen molar-refractivity contribution in [3.63, 3.8) is 0 Å². The first kappa shape index (κ1) is 29.2. The number of para-hydroxylation sites is 1. The quantitative estimate of drug-likeness (QED) is 0.347. The van der Waals surface area contributed by atoms with Crippen LogP contribution in [-0.2, 0) is 26.2 Å². The van der Waals surface area contributed by atoms with Crippen LogP contribution < -0.4 is 14.4 Å². The lowest BCUT2D eigenvalue weighted by Crippen LogP contribution is -2.52. The Balaban J connectivity index is 2.00. The Bertz CT molecular complexity index is 1350. The number of rotatable bonds is 11. The summed E-state index contributed by atoms with van der Waals surface area (Å²) in [5.41, 5.74) is 1.12. The SMILES string of the molecule is COc1ccc(S(=O)(=O)N(CC(=O)N(Cc2cccc(Br)c2)C(C)C(=O)NC(C)C)c2ccccc2)cc1. The van der Waals surface area contributed by atoms with Crippen LogP contribution in [0.3, 0.4) is 0 Å². The molecule has 3 aromatic rings. The Morgan fingerprint density at radius 1 is 0.947 bits per heavy atom. The number of anilines is 1. The highest BCUT2D eigenvalue weighted by Crippen LogP contribution is 2.26. The molecule has 0 heterocycles. The van der Waals surface area contributed by atoms with Gasteiger partial charge in [-0.1, -0.05) is 46.3 Å². The van der Waals surface area contributed by atoms with Gasteiger partial charge in [-0.25, -0.2) is 8.42 Å². The third kappa shape index (κ3) is 7.35. The van der Waals surface area contributed by atoms with E-state index < -0.39 is 28.5 Å². The molecule has 0 fully saturated rings. The number of methoxy groups -OCH3 is 1. The van der Waals surface area contributed by atoms with Crippen LogP contribution in [0.2, 0.25) is 0 Å². The second-order valence-electron chi connectivity index (χ2n) is 9.01. The summed E-state index contributed by atoms with van der Waals surface area (Å²) in [5, 5.41) is 2.84. The van der Waals surface area contributed by atoms with E-state index in [1.54, 1.807) is 49.4 Å². The van der Waals surface area contributed by atoms with Crippen molar-refractivity contribution in [3.8, 4) is 5.75 Å². The summed E-state index contributed by atoms with van der Waals surface area (Å²) >= 11 is 3.44. The van der Waals surface area contributed by atoms with Gasteiger partial charge in [0.25, 0.3) is 10.0 Å². The van der Waals surface area contributed by atoms with Gasteiger partial charge >= 0.3 is 0 Å². The van der Waals surface area contributed by atoms with Crippen molar-refractivity contribution in [1.29, 1.82) is 0 Å². The number of ether oxygens (including phenoxy) is 1. The monoisotopic (exact) mass is 601 g/mol. The van der Waals surface area contributed by atoms with Gasteiger partial charge in [-0.15, -0.1) is 0 Å². The molecule has 0 saturated carbocycles. The molecule has 3 rings (SSSR count). The van der Waals surface area contributed by atoms with Crippen molar-refractivity contribution in [2.75, 3.05) is 18.0 Å². The Labute approximate surface area is 232 Å². The number of benzene rings is 3. The van der Waals surface area contributed by atoms with Crippen LogP contribution in [0.4, 0.5) is 5.69 Å². The van der Waals surface area contributed by atoms with E-state index in [0.29, 0.717) is 11.4 Å². The van der Waals surface area contributed by atoms with Gasteiger partial charge in [0, 0.05) is 17.1 Å². The van der Waals surface area contributed by atoms with E-state index in [2.05, 4.69) is 21.2 Å². The Hall–Kier alpha value is -3.37. The van der Waals surface area contributed by atoms with Crippen LogP contribution in [0.25, 0.3) is 0 Å². The highest BCUT2D eigenvalue weighted by atomic mass is 79.9. The molecule has 10 heteroatoms. The number of hydrogen-bond acceptors (Lipinski definition) is 5. The third-order valence-electron chi connectivity index (χ3n) is 5.81. The summed E-state index contributed by atoms with van der Waals surface area (Å²) in [4.78, 5) is 28.2. The highest BCUT2D eigenvalue weighted by molar-refractivity contribution is 9.10. The number of nitrogens with one attached hydrogen (secondary N) is 1. The van der Waals surface area contributed by atoms with Gasteiger partial charge in [-0.2, -0.15) is 0 Å². The van der Waals surface area contributed by atoms with E-state index in [9.17, 15) is 18.0 Å². The number of hydrogen-bond donors (Lipinski definition) is 1. The first-order valence-corrected chi connectivity index (χ1v) is 14.3. The lowest BCUT2D eigenvalue weighted by molar-refractivity contribution is -0.139. The summed E-state index contributed by atoms with van der Waals surface area (Å²) < 4.78 is 34.6. The zero-order valence-corrected chi connectivity index (χ0v) is 24.2. The molecule has 0 aliphatic heterocycles. The molecule has 0 spiro atoms. The summed E-state index contributed by atoms with van der Waals surface area (Å²) in [7, 11) is -2.64. The summed E-state index contributed by atoms with van der Waals surface area (Å²) in [5.74, 6) is -0.332. The summed E-state index contributed by atoms with van der Waals surface area (Å²) in [6.07, 6.45) is 0. The molecule has 1 atom stereocenters. The average Bonchev–Trinajstić information content (AvgIpc) is 2.90. The van der Waals surface area contributed by atoms with Crippen molar-refractivity contribution >= 4 is 43.5 Å². The predicted molar refractivity (Wildman–Crippen MR) is 151 cm³/mol. The molecule has 0 saturated heterocycles. The molecule has 0 aliphatic rings. The van der Waals surface area contributed by atoms with Crippen LogP contribution in [0, 0.1) is 0 Å². The van der Waals surface area contributed by atoms with Crippen LogP contribution >= 0.6 is 15.9 Å².